The molecule has 6 heteroatoms. The first-order chi connectivity index (χ1) is 13.4. The number of nitrogens with zero attached hydrogens (tertiary/aromatic N) is 1. The van der Waals surface area contributed by atoms with Gasteiger partial charge >= 0.3 is 0 Å². The SMILES string of the molecule is COc1ccc(C(=O)Nc2ccc3c(c2)CCC(=O)N3CC(C)C)c(OC)c1. The van der Waals surface area contributed by atoms with Gasteiger partial charge in [0.15, 0.2) is 0 Å². The summed E-state index contributed by atoms with van der Waals surface area (Å²) in [4.78, 5) is 26.9. The zero-order valence-corrected chi connectivity index (χ0v) is 16.7. The van der Waals surface area contributed by atoms with Crippen molar-refractivity contribution in [1.29, 1.82) is 0 Å². The quantitative estimate of drug-likeness (QED) is 0.823. The van der Waals surface area contributed by atoms with Crippen molar-refractivity contribution in [1.82, 2.24) is 0 Å². The van der Waals surface area contributed by atoms with E-state index in [9.17, 15) is 9.59 Å². The molecule has 1 N–H and O–H groups in total. The fourth-order valence-corrected chi connectivity index (χ4v) is 3.39. The molecular formula is C22H26N2O4. The molecule has 0 fully saturated rings. The van der Waals surface area contributed by atoms with Gasteiger partial charge in [-0.25, -0.2) is 0 Å². The van der Waals surface area contributed by atoms with Crippen molar-refractivity contribution in [2.45, 2.75) is 26.7 Å². The molecule has 0 radical (unpaired) electrons. The molecule has 2 amide bonds. The lowest BCUT2D eigenvalue weighted by Gasteiger charge is -2.31. The Morgan fingerprint density at radius 3 is 2.57 bits per heavy atom. The average molecular weight is 382 g/mol. The Labute approximate surface area is 165 Å². The molecule has 0 saturated heterocycles. The van der Waals surface area contributed by atoms with Gasteiger partial charge in [0.25, 0.3) is 5.91 Å². The van der Waals surface area contributed by atoms with Gasteiger partial charge in [-0.3, -0.25) is 9.59 Å². The summed E-state index contributed by atoms with van der Waals surface area (Å²) in [6.45, 7) is 4.89. The van der Waals surface area contributed by atoms with Crippen LogP contribution in [0.1, 0.15) is 36.2 Å². The lowest BCUT2D eigenvalue weighted by atomic mass is 9.99. The number of ether oxygens (including phenoxy) is 2. The van der Waals surface area contributed by atoms with E-state index in [0.29, 0.717) is 48.1 Å². The van der Waals surface area contributed by atoms with Crippen LogP contribution in [0.15, 0.2) is 36.4 Å². The number of amides is 2. The molecule has 1 aliphatic rings. The molecule has 0 bridgehead atoms. The smallest absolute Gasteiger partial charge is 0.259 e. The van der Waals surface area contributed by atoms with Gasteiger partial charge in [-0.2, -0.15) is 0 Å². The number of hydrogen-bond donors (Lipinski definition) is 1. The molecule has 1 heterocycles. The van der Waals surface area contributed by atoms with Gasteiger partial charge in [0.2, 0.25) is 5.91 Å². The van der Waals surface area contributed by atoms with Gasteiger partial charge in [0.1, 0.15) is 11.5 Å². The fourth-order valence-electron chi connectivity index (χ4n) is 3.39. The van der Waals surface area contributed by atoms with Crippen molar-refractivity contribution in [2.24, 2.45) is 5.92 Å². The Morgan fingerprint density at radius 1 is 1.11 bits per heavy atom. The van der Waals surface area contributed by atoms with Crippen molar-refractivity contribution in [3.05, 3.63) is 47.5 Å². The highest BCUT2D eigenvalue weighted by Gasteiger charge is 2.25. The van der Waals surface area contributed by atoms with Crippen LogP contribution in [-0.4, -0.2) is 32.6 Å². The van der Waals surface area contributed by atoms with Crippen molar-refractivity contribution in [3.63, 3.8) is 0 Å². The minimum absolute atomic E-state index is 0.154. The van der Waals surface area contributed by atoms with Crippen molar-refractivity contribution in [2.75, 3.05) is 31.0 Å². The summed E-state index contributed by atoms with van der Waals surface area (Å²) in [6, 6.07) is 10.8. The molecule has 148 valence electrons. The van der Waals surface area contributed by atoms with Crippen molar-refractivity contribution in [3.8, 4) is 11.5 Å². The third-order valence-corrected chi connectivity index (χ3v) is 4.74. The first-order valence-corrected chi connectivity index (χ1v) is 9.39. The molecule has 0 spiro atoms. The molecule has 0 saturated carbocycles. The maximum Gasteiger partial charge on any atom is 0.259 e. The van der Waals surface area contributed by atoms with Crippen LogP contribution < -0.4 is 19.7 Å². The molecule has 0 unspecified atom stereocenters. The Hall–Kier alpha value is -3.02. The molecule has 0 atom stereocenters. The van der Waals surface area contributed by atoms with Gasteiger partial charge in [0.05, 0.1) is 19.8 Å². The number of hydrogen-bond acceptors (Lipinski definition) is 4. The van der Waals surface area contributed by atoms with E-state index in [1.807, 2.05) is 23.1 Å². The summed E-state index contributed by atoms with van der Waals surface area (Å²) in [5.41, 5.74) is 3.13. The first-order valence-electron chi connectivity index (χ1n) is 9.39. The Balaban J connectivity index is 1.83. The zero-order chi connectivity index (χ0) is 20.3. The van der Waals surface area contributed by atoms with Crippen LogP contribution in [0.5, 0.6) is 11.5 Å². The third kappa shape index (κ3) is 4.11. The van der Waals surface area contributed by atoms with E-state index in [0.717, 1.165) is 11.3 Å². The van der Waals surface area contributed by atoms with Crippen molar-refractivity contribution < 1.29 is 19.1 Å². The van der Waals surface area contributed by atoms with Crippen LogP contribution in [0.25, 0.3) is 0 Å². The van der Waals surface area contributed by atoms with Crippen LogP contribution in [0.3, 0.4) is 0 Å². The largest absolute Gasteiger partial charge is 0.497 e. The number of rotatable bonds is 6. The number of fused-ring (bicyclic) bond motifs is 1. The third-order valence-electron chi connectivity index (χ3n) is 4.74. The van der Waals surface area contributed by atoms with E-state index in [4.69, 9.17) is 9.47 Å². The predicted octanol–water partition coefficient (Wildman–Crippen LogP) is 3.89. The molecular weight excluding hydrogens is 356 g/mol. The summed E-state index contributed by atoms with van der Waals surface area (Å²) in [5.74, 6) is 1.35. The number of aryl methyl sites for hydroxylation is 1. The normalized spacial score (nSPS) is 13.3. The monoisotopic (exact) mass is 382 g/mol. The Kier molecular flexibility index (Phi) is 5.87. The van der Waals surface area contributed by atoms with E-state index in [1.54, 1.807) is 25.3 Å². The Morgan fingerprint density at radius 2 is 1.89 bits per heavy atom. The van der Waals surface area contributed by atoms with E-state index < -0.39 is 0 Å². The number of benzene rings is 2. The average Bonchev–Trinajstić information content (AvgIpc) is 2.69. The van der Waals surface area contributed by atoms with E-state index in [-0.39, 0.29) is 11.8 Å². The summed E-state index contributed by atoms with van der Waals surface area (Å²) in [6.07, 6.45) is 1.17. The second kappa shape index (κ2) is 8.33. The van der Waals surface area contributed by atoms with Gasteiger partial charge < -0.3 is 19.7 Å². The molecule has 3 rings (SSSR count). The van der Waals surface area contributed by atoms with E-state index >= 15 is 0 Å². The molecule has 0 aliphatic carbocycles. The maximum absolute atomic E-state index is 12.7. The molecule has 1 aliphatic heterocycles. The van der Waals surface area contributed by atoms with Gasteiger partial charge in [-0.15, -0.1) is 0 Å². The number of anilines is 2. The van der Waals surface area contributed by atoms with Crippen molar-refractivity contribution >= 4 is 23.2 Å². The summed E-state index contributed by atoms with van der Waals surface area (Å²) in [5, 5.41) is 2.92. The lowest BCUT2D eigenvalue weighted by molar-refractivity contribution is -0.119. The predicted molar refractivity (Wildman–Crippen MR) is 109 cm³/mol. The van der Waals surface area contributed by atoms with Gasteiger partial charge in [0, 0.05) is 30.4 Å². The van der Waals surface area contributed by atoms with E-state index in [1.165, 1.54) is 7.11 Å². The second-order valence-corrected chi connectivity index (χ2v) is 7.26. The summed E-state index contributed by atoms with van der Waals surface area (Å²) in [7, 11) is 3.08. The molecule has 28 heavy (non-hydrogen) atoms. The van der Waals surface area contributed by atoms with Gasteiger partial charge in [-0.1, -0.05) is 13.8 Å². The molecule has 2 aromatic carbocycles. The zero-order valence-electron chi connectivity index (χ0n) is 16.7. The molecule has 2 aromatic rings. The lowest BCUT2D eigenvalue weighted by Crippen LogP contribution is -2.37. The molecule has 0 aromatic heterocycles. The van der Waals surface area contributed by atoms with Crippen LogP contribution in [0.2, 0.25) is 0 Å². The highest BCUT2D eigenvalue weighted by molar-refractivity contribution is 6.06. The number of methoxy groups -OCH3 is 2. The standard InChI is InChI=1S/C22H26N2O4/c1-14(2)13-24-19-9-6-16(11-15(19)5-10-21(24)25)23-22(26)18-8-7-17(27-3)12-20(18)28-4/h6-9,11-12,14H,5,10,13H2,1-4H3,(H,23,26). The minimum atomic E-state index is -0.259. The number of nitrogens with one attached hydrogen (secondary N) is 1. The van der Waals surface area contributed by atoms with Crippen LogP contribution >= 0.6 is 0 Å². The summed E-state index contributed by atoms with van der Waals surface area (Å²) < 4.78 is 10.5. The minimum Gasteiger partial charge on any atom is -0.497 e. The van der Waals surface area contributed by atoms with Gasteiger partial charge in [-0.05, 0) is 48.2 Å². The highest BCUT2D eigenvalue weighted by atomic mass is 16.5. The maximum atomic E-state index is 12.7. The highest BCUT2D eigenvalue weighted by Crippen LogP contribution is 2.32. The van der Waals surface area contributed by atoms with E-state index in [2.05, 4.69) is 19.2 Å². The first kappa shape index (κ1) is 19.7. The molecule has 6 nitrogen and oxygen atoms in total. The van der Waals surface area contributed by atoms with Crippen LogP contribution in [0, 0.1) is 5.92 Å². The number of carbonyl (C=O) groups is 2. The number of carbonyl (C=O) groups excluding carboxylic acids is 2. The van der Waals surface area contributed by atoms with Crippen LogP contribution in [-0.2, 0) is 11.2 Å². The summed E-state index contributed by atoms with van der Waals surface area (Å²) >= 11 is 0. The fraction of sp³-hybridized carbons (Fsp3) is 0.364. The Bertz CT molecular complexity index is 892. The topological polar surface area (TPSA) is 67.9 Å². The van der Waals surface area contributed by atoms with Crippen LogP contribution in [0.4, 0.5) is 11.4 Å². The second-order valence-electron chi connectivity index (χ2n) is 7.26.